The van der Waals surface area contributed by atoms with E-state index in [2.05, 4.69) is 21.1 Å². The zero-order valence-corrected chi connectivity index (χ0v) is 6.13. The minimum atomic E-state index is -1.18. The molecule has 52 valence electrons. The Balaban J connectivity index is 3.85. The average molecular weight is 196 g/mol. The molecule has 0 heterocycles. The summed E-state index contributed by atoms with van der Waals surface area (Å²) in [4.78, 5) is 10.0. The van der Waals surface area contributed by atoms with Crippen LogP contribution in [0.3, 0.4) is 0 Å². The molecule has 0 aliphatic rings. The zero-order valence-electron chi connectivity index (χ0n) is 4.54. The number of carboxylic acid groups (broad SMARTS) is 1. The molecule has 0 aromatic heterocycles. The Bertz CT molecular complexity index is 134. The average Bonchev–Trinajstić information content (AvgIpc) is 1.82. The summed E-state index contributed by atoms with van der Waals surface area (Å²) in [6.07, 6.45) is 0.228. The monoisotopic (exact) mass is 195 g/mol. The fraction of sp³-hybridized carbons (Fsp3) is 0.500. The highest BCUT2D eigenvalue weighted by molar-refractivity contribution is 9.09. The zero-order chi connectivity index (χ0) is 7.28. The molecule has 2 N–H and O–H groups in total. The second-order valence-electron chi connectivity index (χ2n) is 1.29. The third-order valence-corrected chi connectivity index (χ3v) is 1.10. The number of aliphatic carboxylic acids is 1. The molecule has 0 aromatic rings. The second-order valence-corrected chi connectivity index (χ2v) is 2.08. The van der Waals surface area contributed by atoms with Gasteiger partial charge in [-0.1, -0.05) is 21.1 Å². The van der Waals surface area contributed by atoms with Crippen LogP contribution in [0.1, 0.15) is 6.42 Å². The van der Waals surface area contributed by atoms with Crippen LogP contribution in [0.25, 0.3) is 0 Å². The maximum atomic E-state index is 10.0. The van der Waals surface area contributed by atoms with Crippen LogP contribution < -0.4 is 0 Å². The minimum Gasteiger partial charge on any atom is -0.477 e. The molecule has 0 radical (unpaired) electrons. The van der Waals surface area contributed by atoms with E-state index in [1.807, 2.05) is 0 Å². The molecule has 4 nitrogen and oxygen atoms in total. The van der Waals surface area contributed by atoms with Gasteiger partial charge in [0.1, 0.15) is 0 Å². The fourth-order valence-corrected chi connectivity index (χ4v) is 0.665. The van der Waals surface area contributed by atoms with Crippen LogP contribution in [0.4, 0.5) is 0 Å². The van der Waals surface area contributed by atoms with E-state index in [0.717, 1.165) is 0 Å². The number of oxime groups is 1. The Kier molecular flexibility index (Phi) is 4.04. The molecule has 0 aliphatic carbocycles. The van der Waals surface area contributed by atoms with Crippen LogP contribution >= 0.6 is 15.9 Å². The number of alkyl halides is 1. The first-order chi connectivity index (χ1) is 4.22. The molecule has 0 aromatic carbocycles. The number of rotatable bonds is 3. The van der Waals surface area contributed by atoms with Gasteiger partial charge in [-0.05, 0) is 0 Å². The van der Waals surface area contributed by atoms with E-state index in [4.69, 9.17) is 10.3 Å². The van der Waals surface area contributed by atoms with Crippen molar-refractivity contribution in [3.63, 3.8) is 0 Å². The van der Waals surface area contributed by atoms with Gasteiger partial charge >= 0.3 is 5.97 Å². The van der Waals surface area contributed by atoms with Crippen molar-refractivity contribution >= 4 is 27.6 Å². The van der Waals surface area contributed by atoms with Crippen LogP contribution in [-0.4, -0.2) is 27.3 Å². The summed E-state index contributed by atoms with van der Waals surface area (Å²) in [6, 6.07) is 0. The fourth-order valence-electron chi connectivity index (χ4n) is 0.289. The normalized spacial score (nSPS) is 11.4. The molecule has 5 heteroatoms. The van der Waals surface area contributed by atoms with Gasteiger partial charge in [0.05, 0.1) is 0 Å². The topological polar surface area (TPSA) is 69.9 Å². The van der Waals surface area contributed by atoms with E-state index in [1.54, 1.807) is 0 Å². The lowest BCUT2D eigenvalue weighted by molar-refractivity contribution is -0.129. The first-order valence-electron chi connectivity index (χ1n) is 2.22. The highest BCUT2D eigenvalue weighted by Crippen LogP contribution is 1.91. The van der Waals surface area contributed by atoms with Crippen LogP contribution in [0.15, 0.2) is 5.16 Å². The summed E-state index contributed by atoms with van der Waals surface area (Å²) in [5.74, 6) is -1.18. The quantitative estimate of drug-likeness (QED) is 0.302. The van der Waals surface area contributed by atoms with E-state index in [0.29, 0.717) is 5.33 Å². The first-order valence-corrected chi connectivity index (χ1v) is 3.34. The highest BCUT2D eigenvalue weighted by atomic mass is 79.9. The van der Waals surface area contributed by atoms with Crippen molar-refractivity contribution < 1.29 is 15.1 Å². The smallest absolute Gasteiger partial charge is 0.353 e. The van der Waals surface area contributed by atoms with Gasteiger partial charge in [0, 0.05) is 11.8 Å². The molecule has 0 bridgehead atoms. The van der Waals surface area contributed by atoms with Gasteiger partial charge in [-0.15, -0.1) is 0 Å². The molecule has 0 rings (SSSR count). The number of hydrogen-bond acceptors (Lipinski definition) is 3. The van der Waals surface area contributed by atoms with E-state index >= 15 is 0 Å². The summed E-state index contributed by atoms with van der Waals surface area (Å²) in [7, 11) is 0. The van der Waals surface area contributed by atoms with Crippen molar-refractivity contribution in [3.8, 4) is 0 Å². The lowest BCUT2D eigenvalue weighted by Gasteiger charge is -1.91. The van der Waals surface area contributed by atoms with Gasteiger partial charge in [-0.2, -0.15) is 0 Å². The molecule has 0 spiro atoms. The Hall–Kier alpha value is -0.580. The van der Waals surface area contributed by atoms with Crippen molar-refractivity contribution in [1.29, 1.82) is 0 Å². The van der Waals surface area contributed by atoms with E-state index in [1.165, 1.54) is 0 Å². The molecule has 9 heavy (non-hydrogen) atoms. The molecule has 0 atom stereocenters. The van der Waals surface area contributed by atoms with Crippen LogP contribution in [0.5, 0.6) is 0 Å². The number of carboxylic acids is 1. The Morgan fingerprint density at radius 1 is 1.67 bits per heavy atom. The number of hydrogen-bond donors (Lipinski definition) is 2. The van der Waals surface area contributed by atoms with Crippen molar-refractivity contribution in [2.75, 3.05) is 5.33 Å². The molecule has 0 saturated carbocycles. The highest BCUT2D eigenvalue weighted by Gasteiger charge is 2.07. The maximum Gasteiger partial charge on any atom is 0.353 e. The van der Waals surface area contributed by atoms with Gasteiger partial charge in [-0.3, -0.25) is 0 Å². The van der Waals surface area contributed by atoms with Crippen molar-refractivity contribution in [2.45, 2.75) is 6.42 Å². The molecule has 0 fully saturated rings. The minimum absolute atomic E-state index is 0.228. The van der Waals surface area contributed by atoms with Crippen LogP contribution in [-0.2, 0) is 4.79 Å². The summed E-state index contributed by atoms with van der Waals surface area (Å²) in [5.41, 5.74) is -0.230. The lowest BCUT2D eigenvalue weighted by Crippen LogP contribution is -2.12. The molecule has 0 amide bonds. The SMILES string of the molecule is O=C(O)/C(CCBr)=N\O. The Labute approximate surface area is 60.3 Å². The molecular weight excluding hydrogens is 190 g/mol. The van der Waals surface area contributed by atoms with Gasteiger partial charge in [-0.25, -0.2) is 4.79 Å². The first kappa shape index (κ1) is 8.42. The van der Waals surface area contributed by atoms with E-state index < -0.39 is 5.97 Å². The predicted molar refractivity (Wildman–Crippen MR) is 35.3 cm³/mol. The van der Waals surface area contributed by atoms with E-state index in [9.17, 15) is 4.79 Å². The maximum absolute atomic E-state index is 10.0. The molecule has 0 aliphatic heterocycles. The van der Waals surface area contributed by atoms with Crippen molar-refractivity contribution in [2.24, 2.45) is 5.16 Å². The van der Waals surface area contributed by atoms with Gasteiger partial charge in [0.25, 0.3) is 0 Å². The van der Waals surface area contributed by atoms with E-state index in [-0.39, 0.29) is 12.1 Å². The standard InChI is InChI=1S/C4H6BrNO3/c5-2-1-3(6-9)4(7)8/h9H,1-2H2,(H,7,8)/b6-3-. The summed E-state index contributed by atoms with van der Waals surface area (Å²) in [6.45, 7) is 0. The van der Waals surface area contributed by atoms with Crippen LogP contribution in [0.2, 0.25) is 0 Å². The third-order valence-electron chi connectivity index (χ3n) is 0.699. The second kappa shape index (κ2) is 4.31. The predicted octanol–water partition coefficient (Wildman–Crippen LogP) is 0.686. The van der Waals surface area contributed by atoms with Gasteiger partial charge < -0.3 is 10.3 Å². The largest absolute Gasteiger partial charge is 0.477 e. The third kappa shape index (κ3) is 3.07. The summed E-state index contributed by atoms with van der Waals surface area (Å²) < 4.78 is 0. The van der Waals surface area contributed by atoms with Crippen molar-refractivity contribution in [1.82, 2.24) is 0 Å². The molecular formula is C4H6BrNO3. The summed E-state index contributed by atoms with van der Waals surface area (Å²) >= 11 is 3.00. The number of carbonyl (C=O) groups is 1. The molecule has 0 unspecified atom stereocenters. The van der Waals surface area contributed by atoms with Gasteiger partial charge in [0.15, 0.2) is 5.71 Å². The van der Waals surface area contributed by atoms with Crippen LogP contribution in [0, 0.1) is 0 Å². The number of nitrogens with zero attached hydrogens (tertiary/aromatic N) is 1. The van der Waals surface area contributed by atoms with Crippen molar-refractivity contribution in [3.05, 3.63) is 0 Å². The lowest BCUT2D eigenvalue weighted by atomic mass is 10.3. The number of halogens is 1. The summed E-state index contributed by atoms with van der Waals surface area (Å²) in [5, 5.41) is 19.3. The Morgan fingerprint density at radius 2 is 2.22 bits per heavy atom. The van der Waals surface area contributed by atoms with Gasteiger partial charge in [0.2, 0.25) is 0 Å². The molecule has 0 saturated heterocycles. The Morgan fingerprint density at radius 3 is 2.33 bits per heavy atom.